The van der Waals surface area contributed by atoms with Crippen LogP contribution in [0.1, 0.15) is 38.3 Å². The maximum Gasteiger partial charge on any atom is 0.235 e. The minimum Gasteiger partial charge on any atom is -0.497 e. The zero-order chi connectivity index (χ0) is 25.3. The Morgan fingerprint density at radius 2 is 2.08 bits per heavy atom. The summed E-state index contributed by atoms with van der Waals surface area (Å²) in [6, 6.07) is 8.90. The first kappa shape index (κ1) is 24.5. The van der Waals surface area contributed by atoms with Crippen molar-refractivity contribution >= 4 is 46.0 Å². The van der Waals surface area contributed by atoms with Gasteiger partial charge in [-0.05, 0) is 49.9 Å². The van der Waals surface area contributed by atoms with Gasteiger partial charge in [-0.3, -0.25) is 14.6 Å². The van der Waals surface area contributed by atoms with E-state index in [9.17, 15) is 14.0 Å². The van der Waals surface area contributed by atoms with Crippen molar-refractivity contribution < 1.29 is 18.7 Å². The molecule has 1 aliphatic carbocycles. The topological polar surface area (TPSA) is 105 Å². The Labute approximate surface area is 212 Å². The maximum absolute atomic E-state index is 14.4. The van der Waals surface area contributed by atoms with Crippen LogP contribution in [0.15, 0.2) is 41.4 Å². The highest BCUT2D eigenvalue weighted by Gasteiger charge is 2.37. The maximum atomic E-state index is 14.4. The molecule has 3 N–H and O–H groups in total. The number of anilines is 2. The summed E-state index contributed by atoms with van der Waals surface area (Å²) in [6.45, 7) is 2.58. The number of carbonyl (C=O) groups excluding carboxylic acids is 2. The van der Waals surface area contributed by atoms with Crippen LogP contribution in [0.3, 0.4) is 0 Å². The zero-order valence-corrected chi connectivity index (χ0v) is 21.0. The number of amides is 2. The Balaban J connectivity index is 1.20. The van der Waals surface area contributed by atoms with E-state index in [0.717, 1.165) is 36.3 Å². The average molecular weight is 510 g/mol. The summed E-state index contributed by atoms with van der Waals surface area (Å²) in [5.74, 6) is 0.817. The molecule has 2 amide bonds. The molecule has 2 aromatic heterocycles. The first-order chi connectivity index (χ1) is 17.3. The van der Waals surface area contributed by atoms with Gasteiger partial charge in [0.05, 0.1) is 29.1 Å². The Morgan fingerprint density at radius 3 is 2.86 bits per heavy atom. The first-order valence-corrected chi connectivity index (χ1v) is 12.9. The van der Waals surface area contributed by atoms with E-state index in [2.05, 4.69) is 25.9 Å². The lowest BCUT2D eigenvalue weighted by Gasteiger charge is -2.36. The van der Waals surface area contributed by atoms with E-state index in [0.29, 0.717) is 34.9 Å². The molecule has 1 aliphatic heterocycles. The fourth-order valence-electron chi connectivity index (χ4n) is 4.72. The molecule has 1 aromatic carbocycles. The molecule has 188 valence electrons. The van der Waals surface area contributed by atoms with Gasteiger partial charge in [0.2, 0.25) is 11.8 Å². The molecule has 1 saturated carbocycles. The summed E-state index contributed by atoms with van der Waals surface area (Å²) >= 11 is 1.50. The minimum atomic E-state index is -0.531. The largest absolute Gasteiger partial charge is 0.497 e. The number of aromatic nitrogens is 2. The number of nitrogens with zero attached hydrogens (tertiary/aromatic N) is 2. The molecule has 0 unspecified atom stereocenters. The molecular weight excluding hydrogens is 481 g/mol. The average Bonchev–Trinajstić information content (AvgIpc) is 2.88. The molecule has 3 heterocycles. The Bertz CT molecular complexity index is 1330. The van der Waals surface area contributed by atoms with Gasteiger partial charge < -0.3 is 20.7 Å². The highest BCUT2D eigenvalue weighted by molar-refractivity contribution is 8.00. The normalized spacial score (nSPS) is 21.5. The van der Waals surface area contributed by atoms with Gasteiger partial charge in [-0.25, -0.2) is 9.37 Å². The molecule has 36 heavy (non-hydrogen) atoms. The number of ether oxygens (including phenoxy) is 1. The number of halogens is 1. The molecular formula is C26H28FN5O3S. The summed E-state index contributed by atoms with van der Waals surface area (Å²) < 4.78 is 19.6. The van der Waals surface area contributed by atoms with Crippen LogP contribution in [-0.2, 0) is 16.1 Å². The van der Waals surface area contributed by atoms with Crippen LogP contribution in [0.25, 0.3) is 10.9 Å². The number of hydrogen-bond acceptors (Lipinski definition) is 7. The predicted molar refractivity (Wildman–Crippen MR) is 138 cm³/mol. The number of rotatable bonds is 6. The lowest BCUT2D eigenvalue weighted by atomic mass is 9.73. The van der Waals surface area contributed by atoms with Crippen molar-refractivity contribution in [2.24, 2.45) is 5.41 Å². The second-order valence-corrected chi connectivity index (χ2v) is 10.5. The van der Waals surface area contributed by atoms with E-state index in [1.54, 1.807) is 12.1 Å². The van der Waals surface area contributed by atoms with Crippen LogP contribution in [0, 0.1) is 11.2 Å². The van der Waals surface area contributed by atoms with E-state index in [-0.39, 0.29) is 23.4 Å². The standard InChI is InChI=1S/C26H28FN5O3S/c1-26(25(34)31-20-7-10-28-23-18(20)11-17(35-2)12-19(23)27)8-5-15(6-9-26)29-13-16-3-4-21-24(30-16)32-22(33)14-36-21/h3-4,7,10-12,15,29H,5-6,8-9,13-14H2,1-2H3,(H,28,31,34)(H,30,32,33)/t15-,26-. The molecule has 0 atom stereocenters. The molecule has 0 radical (unpaired) electrons. The fourth-order valence-corrected chi connectivity index (χ4v) is 5.48. The number of carbonyl (C=O) groups is 2. The zero-order valence-electron chi connectivity index (χ0n) is 20.2. The van der Waals surface area contributed by atoms with Crippen LogP contribution < -0.4 is 20.7 Å². The third kappa shape index (κ3) is 5.01. The molecule has 0 bridgehead atoms. The highest BCUT2D eigenvalue weighted by Crippen LogP contribution is 2.38. The van der Waals surface area contributed by atoms with E-state index < -0.39 is 11.2 Å². The van der Waals surface area contributed by atoms with Crippen LogP contribution in [0.4, 0.5) is 15.9 Å². The molecule has 0 spiro atoms. The number of nitrogens with one attached hydrogen (secondary N) is 3. The van der Waals surface area contributed by atoms with E-state index in [1.807, 2.05) is 19.1 Å². The van der Waals surface area contributed by atoms with Crippen LogP contribution in [0.5, 0.6) is 5.75 Å². The number of benzene rings is 1. The molecule has 5 rings (SSSR count). The third-order valence-corrected chi connectivity index (χ3v) is 8.04. The lowest BCUT2D eigenvalue weighted by molar-refractivity contribution is -0.126. The van der Waals surface area contributed by atoms with E-state index in [1.165, 1.54) is 31.1 Å². The lowest BCUT2D eigenvalue weighted by Crippen LogP contribution is -2.42. The number of pyridine rings is 2. The summed E-state index contributed by atoms with van der Waals surface area (Å²) in [5, 5.41) is 9.89. The summed E-state index contributed by atoms with van der Waals surface area (Å²) in [4.78, 5) is 34.6. The van der Waals surface area contributed by atoms with Gasteiger partial charge >= 0.3 is 0 Å². The van der Waals surface area contributed by atoms with E-state index in [4.69, 9.17) is 4.74 Å². The Kier molecular flexibility index (Phi) is 6.81. The van der Waals surface area contributed by atoms with Gasteiger partial charge in [-0.2, -0.15) is 0 Å². The number of methoxy groups -OCH3 is 1. The molecule has 10 heteroatoms. The van der Waals surface area contributed by atoms with Crippen molar-refractivity contribution in [2.75, 3.05) is 23.5 Å². The second kappa shape index (κ2) is 10.0. The molecule has 3 aromatic rings. The van der Waals surface area contributed by atoms with Crippen LogP contribution >= 0.6 is 11.8 Å². The van der Waals surface area contributed by atoms with Crippen LogP contribution in [-0.4, -0.2) is 40.7 Å². The minimum absolute atomic E-state index is 0.0287. The van der Waals surface area contributed by atoms with Crippen molar-refractivity contribution in [3.8, 4) is 5.75 Å². The highest BCUT2D eigenvalue weighted by atomic mass is 32.2. The molecule has 1 fully saturated rings. The van der Waals surface area contributed by atoms with Crippen molar-refractivity contribution in [1.82, 2.24) is 15.3 Å². The summed E-state index contributed by atoms with van der Waals surface area (Å²) in [7, 11) is 1.47. The van der Waals surface area contributed by atoms with Crippen molar-refractivity contribution in [3.05, 3.63) is 48.0 Å². The number of thioether (sulfide) groups is 1. The van der Waals surface area contributed by atoms with Gasteiger partial charge in [0, 0.05) is 35.7 Å². The van der Waals surface area contributed by atoms with Gasteiger partial charge in [-0.1, -0.05) is 6.92 Å². The summed E-state index contributed by atoms with van der Waals surface area (Å²) in [5.41, 5.74) is 1.06. The van der Waals surface area contributed by atoms with Crippen molar-refractivity contribution in [2.45, 2.75) is 50.1 Å². The fraction of sp³-hybridized carbons (Fsp3) is 0.385. The van der Waals surface area contributed by atoms with Crippen molar-refractivity contribution in [1.29, 1.82) is 0 Å². The Morgan fingerprint density at radius 1 is 1.28 bits per heavy atom. The van der Waals surface area contributed by atoms with Crippen LogP contribution in [0.2, 0.25) is 0 Å². The summed E-state index contributed by atoms with van der Waals surface area (Å²) in [6.07, 6.45) is 4.64. The molecule has 0 saturated heterocycles. The number of fused-ring (bicyclic) bond motifs is 2. The SMILES string of the molecule is COc1cc(F)c2nccc(NC(=O)[C@]3(C)CC[C@@H](NCc4ccc5c(n4)NC(=O)CS5)CC3)c2c1. The molecule has 8 nitrogen and oxygen atoms in total. The smallest absolute Gasteiger partial charge is 0.235 e. The van der Waals surface area contributed by atoms with Gasteiger partial charge in [-0.15, -0.1) is 11.8 Å². The number of hydrogen-bond donors (Lipinski definition) is 3. The quantitative estimate of drug-likeness (QED) is 0.449. The first-order valence-electron chi connectivity index (χ1n) is 11.9. The third-order valence-electron chi connectivity index (χ3n) is 7.00. The monoisotopic (exact) mass is 509 g/mol. The predicted octanol–water partition coefficient (Wildman–Crippen LogP) is 4.50. The second-order valence-electron chi connectivity index (χ2n) is 9.52. The van der Waals surface area contributed by atoms with Gasteiger partial charge in [0.25, 0.3) is 0 Å². The van der Waals surface area contributed by atoms with Crippen molar-refractivity contribution in [3.63, 3.8) is 0 Å². The van der Waals surface area contributed by atoms with E-state index >= 15 is 0 Å². The Hall–Kier alpha value is -3.24. The van der Waals surface area contributed by atoms with Gasteiger partial charge in [0.15, 0.2) is 5.82 Å². The van der Waals surface area contributed by atoms with Gasteiger partial charge in [0.1, 0.15) is 17.1 Å². The molecule has 2 aliphatic rings.